The maximum Gasteiger partial charge on any atom is 0.585 e. The van der Waals surface area contributed by atoms with Gasteiger partial charge in [0, 0.05) is 6.54 Å². The first kappa shape index (κ1) is 25.4. The first-order chi connectivity index (χ1) is 10.5. The Bertz CT molecular complexity index is 416. The lowest BCUT2D eigenvalue weighted by Gasteiger charge is -2.31. The predicted molar refractivity (Wildman–Crippen MR) is 93.4 cm³/mol. The molecular formula is C12H30N2O6PS2+. The van der Waals surface area contributed by atoms with E-state index in [9.17, 15) is 17.5 Å². The number of likely N-dealkylation sites (N-methyl/N-ethyl adjacent to an activating group) is 1. The number of quaternary nitrogens is 1. The summed E-state index contributed by atoms with van der Waals surface area (Å²) >= 11 is 1.44. The van der Waals surface area contributed by atoms with Crippen molar-refractivity contribution in [2.45, 2.75) is 13.8 Å². The van der Waals surface area contributed by atoms with Crippen LogP contribution in [0.3, 0.4) is 0 Å². The van der Waals surface area contributed by atoms with Crippen molar-refractivity contribution < 1.29 is 30.7 Å². The van der Waals surface area contributed by atoms with Crippen molar-refractivity contribution in [2.75, 3.05) is 66.8 Å². The van der Waals surface area contributed by atoms with Gasteiger partial charge in [-0.3, -0.25) is 4.18 Å². The lowest BCUT2D eigenvalue weighted by atomic mass is 10.4. The Labute approximate surface area is 145 Å². The van der Waals surface area contributed by atoms with Crippen LogP contribution in [0.2, 0.25) is 0 Å². The van der Waals surface area contributed by atoms with Crippen LogP contribution in [0.4, 0.5) is 0 Å². The Balaban J connectivity index is 0. The fourth-order valence-electron chi connectivity index (χ4n) is 1.21. The second-order valence-corrected chi connectivity index (χ2v) is 9.43. The third kappa shape index (κ3) is 18.4. The molecule has 11 heteroatoms. The Morgan fingerprint density at radius 1 is 1.26 bits per heavy atom. The minimum atomic E-state index is -4.41. The van der Waals surface area contributed by atoms with Gasteiger partial charge in [-0.2, -0.15) is 0 Å². The van der Waals surface area contributed by atoms with Gasteiger partial charge in [0.05, 0.1) is 39.5 Å². The summed E-state index contributed by atoms with van der Waals surface area (Å²) in [6.45, 7) is 9.05. The number of nitrogens with zero attached hydrogens (tertiary/aromatic N) is 2. The van der Waals surface area contributed by atoms with E-state index in [1.807, 2.05) is 19.0 Å². The highest BCUT2D eigenvalue weighted by Gasteiger charge is 2.24. The highest BCUT2D eigenvalue weighted by atomic mass is 32.7. The second-order valence-electron chi connectivity index (χ2n) is 5.24. The van der Waals surface area contributed by atoms with Gasteiger partial charge in [0.2, 0.25) is 10.4 Å². The van der Waals surface area contributed by atoms with Crippen LogP contribution in [0.25, 0.3) is 0 Å². The normalized spacial score (nSPS) is 12.8. The summed E-state index contributed by atoms with van der Waals surface area (Å²) < 4.78 is 48.9. The van der Waals surface area contributed by atoms with E-state index in [2.05, 4.69) is 25.1 Å². The molecule has 0 saturated carbocycles. The molecule has 0 bridgehead atoms. The molecule has 0 N–H and O–H groups in total. The monoisotopic (exact) mass is 393 g/mol. The third-order valence-electron chi connectivity index (χ3n) is 3.29. The van der Waals surface area contributed by atoms with Crippen LogP contribution in [0, 0.1) is 0 Å². The molecule has 0 saturated heterocycles. The van der Waals surface area contributed by atoms with Crippen LogP contribution in [0.5, 0.6) is 0 Å². The summed E-state index contributed by atoms with van der Waals surface area (Å²) in [5.41, 5.74) is 0. The van der Waals surface area contributed by atoms with Crippen LogP contribution in [-0.4, -0.2) is 89.1 Å². The molecular weight excluding hydrogens is 363 g/mol. The summed E-state index contributed by atoms with van der Waals surface area (Å²) in [4.78, 5) is 2.02. The first-order valence-corrected chi connectivity index (χ1v) is 11.3. The molecule has 0 aromatic rings. The van der Waals surface area contributed by atoms with Gasteiger partial charge in [-0.25, -0.2) is 8.42 Å². The first-order valence-electron chi connectivity index (χ1n) is 7.22. The molecule has 0 aromatic heterocycles. The van der Waals surface area contributed by atoms with Crippen molar-refractivity contribution >= 4 is 29.0 Å². The summed E-state index contributed by atoms with van der Waals surface area (Å²) in [7, 11) is 1.05. The maximum absolute atomic E-state index is 11.6. The summed E-state index contributed by atoms with van der Waals surface area (Å²) in [5.74, 6) is 0.898. The predicted octanol–water partition coefficient (Wildman–Crippen LogP) is 1.53. The summed E-state index contributed by atoms with van der Waals surface area (Å²) in [5, 5.41) is 0. The van der Waals surface area contributed by atoms with Crippen molar-refractivity contribution in [2.24, 2.45) is 0 Å². The van der Waals surface area contributed by atoms with Gasteiger partial charge in [-0.1, -0.05) is 0 Å². The van der Waals surface area contributed by atoms with Gasteiger partial charge in [0.1, 0.15) is 6.61 Å². The number of rotatable bonds is 11. The Morgan fingerprint density at radius 2 is 1.74 bits per heavy atom. The van der Waals surface area contributed by atoms with Crippen molar-refractivity contribution in [3.63, 3.8) is 0 Å². The molecule has 8 nitrogen and oxygen atoms in total. The van der Waals surface area contributed by atoms with E-state index < -0.39 is 17.6 Å². The average Bonchev–Trinajstić information content (AvgIpc) is 2.46. The Kier molecular flexibility index (Phi) is 14.9. The van der Waals surface area contributed by atoms with E-state index in [1.54, 1.807) is 0 Å². The molecule has 0 aromatic carbocycles. The lowest BCUT2D eigenvalue weighted by Crippen LogP contribution is -2.45. The van der Waals surface area contributed by atoms with Crippen molar-refractivity contribution in [1.82, 2.24) is 4.90 Å². The van der Waals surface area contributed by atoms with E-state index in [0.29, 0.717) is 6.61 Å². The smallest absolute Gasteiger partial charge is 0.585 e. The second kappa shape index (κ2) is 13.5. The minimum Gasteiger partial charge on any atom is -0.726 e. The molecule has 1 unspecified atom stereocenters. The molecule has 0 amide bonds. The molecule has 0 aliphatic rings. The summed E-state index contributed by atoms with van der Waals surface area (Å²) in [6, 6.07) is 0. The molecule has 0 heterocycles. The van der Waals surface area contributed by atoms with Gasteiger partial charge in [0.15, 0.2) is 11.4 Å². The van der Waals surface area contributed by atoms with E-state index in [-0.39, 0.29) is 0 Å². The van der Waals surface area contributed by atoms with Crippen molar-refractivity contribution in [3.05, 3.63) is 0 Å². The number of hydrogen-bond donors (Lipinski definition) is 0. The highest BCUT2D eigenvalue weighted by molar-refractivity contribution is 8.50. The zero-order valence-corrected chi connectivity index (χ0v) is 17.4. The van der Waals surface area contributed by atoms with Crippen LogP contribution >= 0.6 is 18.6 Å². The molecule has 0 fully saturated rings. The quantitative estimate of drug-likeness (QED) is 0.226. The van der Waals surface area contributed by atoms with Gasteiger partial charge in [-0.05, 0) is 32.5 Å². The highest BCUT2D eigenvalue weighted by Crippen LogP contribution is 2.38. The Hall–Kier alpha value is 0.200. The fraction of sp³-hybridized carbons (Fsp3) is 1.00. The van der Waals surface area contributed by atoms with Crippen LogP contribution in [0.1, 0.15) is 13.8 Å². The molecule has 140 valence electrons. The van der Waals surface area contributed by atoms with Crippen molar-refractivity contribution in [1.29, 1.82) is 0 Å². The topological polar surface area (TPSA) is 96.0 Å². The van der Waals surface area contributed by atoms with Crippen LogP contribution in [0.15, 0.2) is 0 Å². The lowest BCUT2D eigenvalue weighted by molar-refractivity contribution is -0.903. The molecule has 23 heavy (non-hydrogen) atoms. The number of hydrogen-bond acceptors (Lipinski definition) is 8. The molecule has 0 spiro atoms. The Morgan fingerprint density at radius 3 is 2.09 bits per heavy atom. The van der Waals surface area contributed by atoms with Gasteiger partial charge < -0.3 is 13.9 Å². The standard InChI is InChI=1S/C11H27N2O2PS.CH4O4S/c1-6-13(5,7-2)9-11-17-16(14)15-10-8-12(3)4;1-5-6(2,3)4/h6-11H2,1-5H3;1H3,(H,2,3,4)/q+2;/p-1. The van der Waals surface area contributed by atoms with Crippen molar-refractivity contribution in [3.8, 4) is 0 Å². The van der Waals surface area contributed by atoms with E-state index in [0.717, 1.165) is 43.5 Å². The zero-order valence-electron chi connectivity index (χ0n) is 14.9. The summed E-state index contributed by atoms with van der Waals surface area (Å²) in [6.07, 6.45) is 0. The van der Waals surface area contributed by atoms with E-state index in [1.165, 1.54) is 11.4 Å². The molecule has 0 radical (unpaired) electrons. The minimum absolute atomic E-state index is 0.545. The largest absolute Gasteiger partial charge is 0.726 e. The van der Waals surface area contributed by atoms with Crippen LogP contribution < -0.4 is 0 Å². The molecule has 0 aliphatic heterocycles. The maximum atomic E-state index is 11.6. The van der Waals surface area contributed by atoms with E-state index in [4.69, 9.17) is 4.52 Å². The van der Waals surface area contributed by atoms with Gasteiger partial charge in [-0.15, -0.1) is 4.52 Å². The molecule has 1 atom stereocenters. The average molecular weight is 393 g/mol. The molecule has 0 rings (SSSR count). The zero-order chi connectivity index (χ0) is 18.5. The van der Waals surface area contributed by atoms with Crippen LogP contribution in [-0.2, 0) is 23.7 Å². The van der Waals surface area contributed by atoms with Gasteiger partial charge in [0.25, 0.3) is 0 Å². The van der Waals surface area contributed by atoms with E-state index >= 15 is 0 Å². The molecule has 0 aliphatic carbocycles. The third-order valence-corrected chi connectivity index (χ3v) is 6.17. The van der Waals surface area contributed by atoms with Gasteiger partial charge >= 0.3 is 7.23 Å². The SMILES string of the molecule is CC[N+](C)(CC)CCS[P+](=O)OCCN(C)C.COS(=O)(=O)[O-]. The fourth-order valence-corrected chi connectivity index (χ4v) is 3.33.